The molecule has 1 aromatic heterocycles. The summed E-state index contributed by atoms with van der Waals surface area (Å²) in [5.41, 5.74) is 3.94. The van der Waals surface area contributed by atoms with E-state index in [1.807, 2.05) is 0 Å². The number of piperidine rings is 1. The van der Waals surface area contributed by atoms with Crippen molar-refractivity contribution in [3.05, 3.63) is 46.1 Å². The van der Waals surface area contributed by atoms with Gasteiger partial charge in [-0.1, -0.05) is 6.07 Å². The smallest absolute Gasteiger partial charge is 0.386 e. The van der Waals surface area contributed by atoms with Gasteiger partial charge in [-0.3, -0.25) is 0 Å². The van der Waals surface area contributed by atoms with Gasteiger partial charge in [-0.05, 0) is 81.4 Å². The summed E-state index contributed by atoms with van der Waals surface area (Å²) in [5.74, 6) is 0.131. The highest BCUT2D eigenvalue weighted by Gasteiger charge is 2.33. The third-order valence-electron chi connectivity index (χ3n) is 6.27. The van der Waals surface area contributed by atoms with E-state index in [2.05, 4.69) is 22.1 Å². The molecule has 2 aliphatic rings. The number of benzene rings is 1. The first-order valence-electron chi connectivity index (χ1n) is 10.2. The van der Waals surface area contributed by atoms with E-state index in [0.29, 0.717) is 22.5 Å². The van der Waals surface area contributed by atoms with Gasteiger partial charge in [-0.15, -0.1) is 5.10 Å². The lowest BCUT2D eigenvalue weighted by Crippen LogP contribution is -2.35. The third kappa shape index (κ3) is 3.90. The largest absolute Gasteiger partial charge is 0.416 e. The zero-order valence-electron chi connectivity index (χ0n) is 16.8. The Hall–Kier alpha value is -1.99. The SMILES string of the molecule is Cc1cc(C(F)(F)F)ccc1-c1nnc(C(O)C2CCCN(C)C2)c2c1CCC2. The molecule has 0 spiro atoms. The van der Waals surface area contributed by atoms with Gasteiger partial charge in [0.25, 0.3) is 0 Å². The summed E-state index contributed by atoms with van der Waals surface area (Å²) in [6.45, 7) is 3.55. The zero-order chi connectivity index (χ0) is 20.8. The lowest BCUT2D eigenvalue weighted by Gasteiger charge is -2.33. The normalized spacial score (nSPS) is 21.2. The van der Waals surface area contributed by atoms with E-state index in [1.165, 1.54) is 12.1 Å². The number of likely N-dealkylation sites (tertiary alicyclic amines) is 1. The Morgan fingerprint density at radius 2 is 1.90 bits per heavy atom. The molecule has 1 aromatic carbocycles. The summed E-state index contributed by atoms with van der Waals surface area (Å²) in [7, 11) is 2.06. The van der Waals surface area contributed by atoms with Crippen LogP contribution in [0.5, 0.6) is 0 Å². The van der Waals surface area contributed by atoms with Crippen molar-refractivity contribution in [3.8, 4) is 11.3 Å². The summed E-state index contributed by atoms with van der Waals surface area (Å²) >= 11 is 0. The number of rotatable bonds is 3. The topological polar surface area (TPSA) is 49.3 Å². The number of hydrogen-bond donors (Lipinski definition) is 1. The van der Waals surface area contributed by atoms with Crippen LogP contribution in [0.2, 0.25) is 0 Å². The van der Waals surface area contributed by atoms with Crippen molar-refractivity contribution in [3.63, 3.8) is 0 Å². The molecule has 0 radical (unpaired) electrons. The number of aliphatic hydroxyl groups excluding tert-OH is 1. The van der Waals surface area contributed by atoms with Gasteiger partial charge in [0, 0.05) is 18.0 Å². The Kier molecular flexibility index (Phi) is 5.38. The second-order valence-corrected chi connectivity index (χ2v) is 8.38. The summed E-state index contributed by atoms with van der Waals surface area (Å²) in [6.07, 6.45) is -0.423. The van der Waals surface area contributed by atoms with Crippen molar-refractivity contribution in [2.24, 2.45) is 5.92 Å². The molecule has 1 fully saturated rings. The average Bonchev–Trinajstić information content (AvgIpc) is 3.16. The maximum Gasteiger partial charge on any atom is 0.416 e. The van der Waals surface area contributed by atoms with Crippen LogP contribution in [-0.2, 0) is 19.0 Å². The molecule has 1 aliphatic carbocycles. The van der Waals surface area contributed by atoms with Crippen LogP contribution in [-0.4, -0.2) is 40.3 Å². The number of nitrogens with zero attached hydrogens (tertiary/aromatic N) is 3. The molecule has 2 aromatic rings. The minimum Gasteiger partial charge on any atom is -0.386 e. The molecule has 2 heterocycles. The van der Waals surface area contributed by atoms with Crippen LogP contribution in [0.4, 0.5) is 13.2 Å². The van der Waals surface area contributed by atoms with Gasteiger partial charge in [-0.25, -0.2) is 0 Å². The van der Waals surface area contributed by atoms with Crippen molar-refractivity contribution in [1.82, 2.24) is 15.1 Å². The Labute approximate surface area is 168 Å². The summed E-state index contributed by atoms with van der Waals surface area (Å²) in [6, 6.07) is 3.76. The molecule has 1 aliphatic heterocycles. The number of aromatic nitrogens is 2. The van der Waals surface area contributed by atoms with E-state index in [1.54, 1.807) is 6.92 Å². The lowest BCUT2D eigenvalue weighted by molar-refractivity contribution is -0.137. The molecule has 2 atom stereocenters. The number of fused-ring (bicyclic) bond motifs is 1. The highest BCUT2D eigenvalue weighted by Crippen LogP contribution is 2.39. The number of alkyl halides is 3. The summed E-state index contributed by atoms with van der Waals surface area (Å²) in [4.78, 5) is 2.23. The number of halogens is 3. The standard InChI is InChI=1S/C22H26F3N3O/c1-13-11-15(22(23,24)25)8-9-16(13)19-17-6-3-7-18(17)20(27-26-19)21(29)14-5-4-10-28(2)12-14/h8-9,11,14,21,29H,3-7,10,12H2,1-2H3. The van der Waals surface area contributed by atoms with Gasteiger partial charge in [-0.2, -0.15) is 18.3 Å². The van der Waals surface area contributed by atoms with Gasteiger partial charge in [0.2, 0.25) is 0 Å². The molecule has 0 saturated carbocycles. The van der Waals surface area contributed by atoms with Gasteiger partial charge in [0.05, 0.1) is 17.0 Å². The fourth-order valence-electron chi connectivity index (χ4n) is 4.76. The monoisotopic (exact) mass is 405 g/mol. The molecule has 1 saturated heterocycles. The van der Waals surface area contributed by atoms with Crippen LogP contribution in [0.1, 0.15) is 53.3 Å². The highest BCUT2D eigenvalue weighted by atomic mass is 19.4. The van der Waals surface area contributed by atoms with Crippen LogP contribution in [0.15, 0.2) is 18.2 Å². The first-order valence-corrected chi connectivity index (χ1v) is 10.2. The number of aryl methyl sites for hydroxylation is 1. The van der Waals surface area contributed by atoms with Crippen molar-refractivity contribution < 1.29 is 18.3 Å². The maximum atomic E-state index is 13.0. The van der Waals surface area contributed by atoms with Crippen LogP contribution in [0.3, 0.4) is 0 Å². The van der Waals surface area contributed by atoms with Crippen LogP contribution in [0.25, 0.3) is 11.3 Å². The van der Waals surface area contributed by atoms with Crippen molar-refractivity contribution in [2.75, 3.05) is 20.1 Å². The predicted octanol–water partition coefficient (Wildman–Crippen LogP) is 4.33. The molecule has 4 rings (SSSR count). The minimum atomic E-state index is -4.36. The quantitative estimate of drug-likeness (QED) is 0.826. The number of hydrogen-bond acceptors (Lipinski definition) is 4. The molecular formula is C22H26F3N3O. The molecule has 0 amide bonds. The third-order valence-corrected chi connectivity index (χ3v) is 6.27. The summed E-state index contributed by atoms with van der Waals surface area (Å²) in [5, 5.41) is 19.8. The summed E-state index contributed by atoms with van der Waals surface area (Å²) < 4.78 is 39.0. The predicted molar refractivity (Wildman–Crippen MR) is 104 cm³/mol. The van der Waals surface area contributed by atoms with E-state index in [9.17, 15) is 18.3 Å². The first-order chi connectivity index (χ1) is 13.8. The molecular weight excluding hydrogens is 379 g/mol. The zero-order valence-corrected chi connectivity index (χ0v) is 16.8. The van der Waals surface area contributed by atoms with E-state index >= 15 is 0 Å². The van der Waals surface area contributed by atoms with Gasteiger partial charge >= 0.3 is 6.18 Å². The van der Waals surface area contributed by atoms with Crippen LogP contribution < -0.4 is 0 Å². The Bertz CT molecular complexity index is 913. The van der Waals surface area contributed by atoms with Crippen LogP contribution >= 0.6 is 0 Å². The Morgan fingerprint density at radius 1 is 1.14 bits per heavy atom. The van der Waals surface area contributed by atoms with Crippen molar-refractivity contribution in [1.29, 1.82) is 0 Å². The number of aliphatic hydroxyl groups is 1. The Balaban J connectivity index is 1.70. The van der Waals surface area contributed by atoms with Gasteiger partial charge < -0.3 is 10.0 Å². The van der Waals surface area contributed by atoms with Crippen molar-refractivity contribution in [2.45, 2.75) is 51.3 Å². The Morgan fingerprint density at radius 3 is 2.59 bits per heavy atom. The average molecular weight is 405 g/mol. The van der Waals surface area contributed by atoms with E-state index < -0.39 is 17.8 Å². The van der Waals surface area contributed by atoms with E-state index in [-0.39, 0.29) is 5.92 Å². The molecule has 7 heteroatoms. The maximum absolute atomic E-state index is 13.0. The van der Waals surface area contributed by atoms with Crippen molar-refractivity contribution >= 4 is 0 Å². The molecule has 4 nitrogen and oxygen atoms in total. The molecule has 0 bridgehead atoms. The van der Waals surface area contributed by atoms with Crippen LogP contribution in [0, 0.1) is 12.8 Å². The second-order valence-electron chi connectivity index (χ2n) is 8.38. The molecule has 29 heavy (non-hydrogen) atoms. The molecule has 1 N–H and O–H groups in total. The lowest BCUT2D eigenvalue weighted by atomic mass is 9.88. The highest BCUT2D eigenvalue weighted by molar-refractivity contribution is 5.69. The van der Waals surface area contributed by atoms with E-state index in [4.69, 9.17) is 0 Å². The van der Waals surface area contributed by atoms with Gasteiger partial charge in [0.1, 0.15) is 6.10 Å². The first kappa shape index (κ1) is 20.3. The van der Waals surface area contributed by atoms with E-state index in [0.717, 1.165) is 62.4 Å². The fourth-order valence-corrected chi connectivity index (χ4v) is 4.76. The molecule has 156 valence electrons. The second kappa shape index (κ2) is 7.69. The molecule has 2 unspecified atom stereocenters. The fraction of sp³-hybridized carbons (Fsp3) is 0.545. The van der Waals surface area contributed by atoms with Gasteiger partial charge in [0.15, 0.2) is 0 Å². The minimum absolute atomic E-state index is 0.131.